The molecule has 100 valence electrons. The molecular formula is C14H22N2OS. The van der Waals surface area contributed by atoms with Gasteiger partial charge in [-0.05, 0) is 36.1 Å². The van der Waals surface area contributed by atoms with Crippen LogP contribution in [-0.4, -0.2) is 11.9 Å². The van der Waals surface area contributed by atoms with E-state index < -0.39 is 6.04 Å². The predicted molar refractivity (Wildman–Crippen MR) is 75.4 cm³/mol. The van der Waals surface area contributed by atoms with Gasteiger partial charge in [-0.1, -0.05) is 26.3 Å². The van der Waals surface area contributed by atoms with Gasteiger partial charge in [0.05, 0.1) is 0 Å². The Kier molecular flexibility index (Phi) is 4.07. The molecule has 0 spiro atoms. The maximum atomic E-state index is 12.1. The summed E-state index contributed by atoms with van der Waals surface area (Å²) >= 11 is 1.54. The van der Waals surface area contributed by atoms with Crippen LogP contribution in [0.5, 0.6) is 0 Å². The summed E-state index contributed by atoms with van der Waals surface area (Å²) in [5.74, 6) is -0.0415. The molecule has 18 heavy (non-hydrogen) atoms. The first kappa shape index (κ1) is 13.6. The number of rotatable bonds is 3. The fraction of sp³-hybridized carbons (Fsp3) is 0.643. The maximum Gasteiger partial charge on any atom is 0.242 e. The van der Waals surface area contributed by atoms with Gasteiger partial charge in [0.25, 0.3) is 0 Å². The van der Waals surface area contributed by atoms with Crippen LogP contribution >= 0.6 is 11.3 Å². The second kappa shape index (κ2) is 5.41. The van der Waals surface area contributed by atoms with Gasteiger partial charge in [0, 0.05) is 10.9 Å². The molecular weight excluding hydrogens is 244 g/mol. The molecule has 2 unspecified atom stereocenters. The molecule has 1 aliphatic carbocycles. The molecule has 3 nitrogen and oxygen atoms in total. The fourth-order valence-corrected chi connectivity index (χ4v) is 3.43. The minimum Gasteiger partial charge on any atom is -0.352 e. The molecule has 4 heteroatoms. The van der Waals surface area contributed by atoms with Gasteiger partial charge in [-0.15, -0.1) is 11.3 Å². The lowest BCUT2D eigenvalue weighted by molar-refractivity contribution is -0.123. The maximum absolute atomic E-state index is 12.1. The van der Waals surface area contributed by atoms with Crippen molar-refractivity contribution in [3.05, 3.63) is 22.4 Å². The van der Waals surface area contributed by atoms with Gasteiger partial charge in [0.2, 0.25) is 5.91 Å². The largest absolute Gasteiger partial charge is 0.352 e. The van der Waals surface area contributed by atoms with E-state index in [2.05, 4.69) is 19.2 Å². The summed E-state index contributed by atoms with van der Waals surface area (Å²) in [6, 6.07) is 3.61. The van der Waals surface area contributed by atoms with Gasteiger partial charge >= 0.3 is 0 Å². The number of carbonyl (C=O) groups excluding carboxylic acids is 1. The van der Waals surface area contributed by atoms with Crippen LogP contribution in [0.2, 0.25) is 0 Å². The zero-order valence-corrected chi connectivity index (χ0v) is 11.9. The molecule has 1 saturated carbocycles. The van der Waals surface area contributed by atoms with E-state index in [1.54, 1.807) is 0 Å². The lowest BCUT2D eigenvalue weighted by Crippen LogP contribution is -2.44. The van der Waals surface area contributed by atoms with Crippen molar-refractivity contribution in [2.24, 2.45) is 11.1 Å². The second-order valence-electron chi connectivity index (χ2n) is 5.96. The summed E-state index contributed by atoms with van der Waals surface area (Å²) in [5, 5.41) is 5.06. The molecule has 1 fully saturated rings. The van der Waals surface area contributed by atoms with E-state index >= 15 is 0 Å². The van der Waals surface area contributed by atoms with Gasteiger partial charge in [-0.2, -0.15) is 0 Å². The predicted octanol–water partition coefficient (Wildman–Crippen LogP) is 2.83. The highest BCUT2D eigenvalue weighted by Crippen LogP contribution is 2.35. The molecule has 2 rings (SSSR count). The first-order valence-corrected chi connectivity index (χ1v) is 7.45. The van der Waals surface area contributed by atoms with Crippen LogP contribution in [0.4, 0.5) is 0 Å². The minimum absolute atomic E-state index is 0.0415. The Labute approximate surface area is 113 Å². The van der Waals surface area contributed by atoms with Crippen molar-refractivity contribution in [2.75, 3.05) is 0 Å². The van der Waals surface area contributed by atoms with Crippen LogP contribution in [-0.2, 0) is 4.79 Å². The Morgan fingerprint density at radius 2 is 2.39 bits per heavy atom. The lowest BCUT2D eigenvalue weighted by Gasteiger charge is -2.35. The highest BCUT2D eigenvalue weighted by atomic mass is 32.1. The summed E-state index contributed by atoms with van der Waals surface area (Å²) in [5.41, 5.74) is 6.30. The van der Waals surface area contributed by atoms with E-state index in [1.807, 2.05) is 17.5 Å². The molecule has 1 aliphatic rings. The van der Waals surface area contributed by atoms with Crippen LogP contribution in [0.1, 0.15) is 50.4 Å². The van der Waals surface area contributed by atoms with Crippen molar-refractivity contribution in [1.29, 1.82) is 0 Å². The van der Waals surface area contributed by atoms with Gasteiger partial charge in [0.1, 0.15) is 6.04 Å². The van der Waals surface area contributed by atoms with Crippen molar-refractivity contribution in [3.8, 4) is 0 Å². The standard InChI is InChI=1S/C14H22N2OS/c1-14(2)7-3-5-10(9-14)16-13(17)12(15)11-6-4-8-18-11/h4,6,8,10,12H,3,5,7,9,15H2,1-2H3,(H,16,17). The second-order valence-corrected chi connectivity index (χ2v) is 6.94. The van der Waals surface area contributed by atoms with E-state index in [9.17, 15) is 4.79 Å². The number of nitrogens with two attached hydrogens (primary N) is 1. The Morgan fingerprint density at radius 3 is 3.00 bits per heavy atom. The van der Waals surface area contributed by atoms with Crippen LogP contribution < -0.4 is 11.1 Å². The Balaban J connectivity index is 1.91. The van der Waals surface area contributed by atoms with Crippen LogP contribution in [0.15, 0.2) is 17.5 Å². The van der Waals surface area contributed by atoms with E-state index in [0.717, 1.165) is 17.7 Å². The average molecular weight is 266 g/mol. The number of carbonyl (C=O) groups is 1. The van der Waals surface area contributed by atoms with E-state index in [-0.39, 0.29) is 11.9 Å². The third-order valence-electron chi connectivity index (χ3n) is 3.68. The van der Waals surface area contributed by atoms with Crippen molar-refractivity contribution < 1.29 is 4.79 Å². The molecule has 0 bridgehead atoms. The zero-order chi connectivity index (χ0) is 13.2. The lowest BCUT2D eigenvalue weighted by atomic mass is 9.75. The Morgan fingerprint density at radius 1 is 1.61 bits per heavy atom. The van der Waals surface area contributed by atoms with Gasteiger partial charge in [-0.3, -0.25) is 4.79 Å². The van der Waals surface area contributed by atoms with Crippen molar-refractivity contribution in [1.82, 2.24) is 5.32 Å². The summed E-state index contributed by atoms with van der Waals surface area (Å²) in [7, 11) is 0. The van der Waals surface area contributed by atoms with Crippen LogP contribution in [0, 0.1) is 5.41 Å². The van der Waals surface area contributed by atoms with Crippen molar-refractivity contribution in [3.63, 3.8) is 0 Å². The number of hydrogen-bond donors (Lipinski definition) is 2. The van der Waals surface area contributed by atoms with E-state index in [0.29, 0.717) is 5.41 Å². The van der Waals surface area contributed by atoms with E-state index in [4.69, 9.17) is 5.73 Å². The molecule has 1 aromatic heterocycles. The van der Waals surface area contributed by atoms with Crippen LogP contribution in [0.25, 0.3) is 0 Å². The summed E-state index contributed by atoms with van der Waals surface area (Å²) in [6.07, 6.45) is 4.56. The molecule has 0 radical (unpaired) electrons. The van der Waals surface area contributed by atoms with Crippen molar-refractivity contribution in [2.45, 2.75) is 51.6 Å². The first-order valence-electron chi connectivity index (χ1n) is 6.57. The molecule has 0 saturated heterocycles. The smallest absolute Gasteiger partial charge is 0.242 e. The summed E-state index contributed by atoms with van der Waals surface area (Å²) in [6.45, 7) is 4.54. The summed E-state index contributed by atoms with van der Waals surface area (Å²) < 4.78 is 0. The highest BCUT2D eigenvalue weighted by Gasteiger charge is 2.30. The number of amides is 1. The molecule has 0 aliphatic heterocycles. The Bertz CT molecular complexity index is 400. The number of nitrogens with one attached hydrogen (secondary N) is 1. The van der Waals surface area contributed by atoms with Gasteiger partial charge in [0.15, 0.2) is 0 Å². The third kappa shape index (κ3) is 3.33. The average Bonchev–Trinajstić information content (AvgIpc) is 2.79. The highest BCUT2D eigenvalue weighted by molar-refractivity contribution is 7.10. The first-order chi connectivity index (χ1) is 8.48. The van der Waals surface area contributed by atoms with Gasteiger partial charge in [-0.25, -0.2) is 0 Å². The SMILES string of the molecule is CC1(C)CCCC(NC(=O)C(N)c2cccs2)C1. The fourth-order valence-electron chi connectivity index (χ4n) is 2.71. The quantitative estimate of drug-likeness (QED) is 0.884. The number of thiophene rings is 1. The molecule has 0 aromatic carbocycles. The minimum atomic E-state index is -0.518. The van der Waals surface area contributed by atoms with Crippen molar-refractivity contribution >= 4 is 17.2 Å². The molecule has 1 aromatic rings. The molecule has 2 atom stereocenters. The number of hydrogen-bond acceptors (Lipinski definition) is 3. The van der Waals surface area contributed by atoms with Gasteiger partial charge < -0.3 is 11.1 Å². The summed E-state index contributed by atoms with van der Waals surface area (Å²) in [4.78, 5) is 13.0. The Hall–Kier alpha value is -0.870. The monoisotopic (exact) mass is 266 g/mol. The molecule has 1 amide bonds. The zero-order valence-electron chi connectivity index (χ0n) is 11.1. The topological polar surface area (TPSA) is 55.1 Å². The molecule has 3 N–H and O–H groups in total. The molecule has 1 heterocycles. The third-order valence-corrected chi connectivity index (χ3v) is 4.64. The van der Waals surface area contributed by atoms with Crippen LogP contribution in [0.3, 0.4) is 0 Å². The van der Waals surface area contributed by atoms with E-state index in [1.165, 1.54) is 24.2 Å². The normalized spacial score (nSPS) is 24.5.